The van der Waals surface area contributed by atoms with Gasteiger partial charge in [-0.05, 0) is 17.5 Å². The number of fused-ring (bicyclic) bond motifs is 1. The van der Waals surface area contributed by atoms with Crippen LogP contribution in [0.15, 0.2) is 29.4 Å². The standard InChI is InChI=1S/C10H13N3O/c11-10(12-14)13-6-5-8-3-1-2-4-9(8)7-13/h1-4,14H,5-7H2,(H2,11,12). The number of hydrogen-bond donors (Lipinski definition) is 2. The quantitative estimate of drug-likeness (QED) is 0.275. The van der Waals surface area contributed by atoms with Crippen LogP contribution in [-0.2, 0) is 13.0 Å². The average molecular weight is 191 g/mol. The van der Waals surface area contributed by atoms with Gasteiger partial charge < -0.3 is 15.8 Å². The first kappa shape index (κ1) is 8.87. The minimum Gasteiger partial charge on any atom is -0.408 e. The van der Waals surface area contributed by atoms with Gasteiger partial charge in [-0.25, -0.2) is 0 Å². The summed E-state index contributed by atoms with van der Waals surface area (Å²) < 4.78 is 0. The summed E-state index contributed by atoms with van der Waals surface area (Å²) in [5, 5.41) is 11.6. The van der Waals surface area contributed by atoms with Gasteiger partial charge in [0.2, 0.25) is 5.96 Å². The Labute approximate surface area is 82.6 Å². The third-order valence-corrected chi connectivity index (χ3v) is 2.56. The zero-order chi connectivity index (χ0) is 9.97. The summed E-state index contributed by atoms with van der Waals surface area (Å²) in [5.74, 6) is 0.194. The van der Waals surface area contributed by atoms with E-state index in [1.165, 1.54) is 11.1 Å². The summed E-state index contributed by atoms with van der Waals surface area (Å²) in [6, 6.07) is 8.25. The molecule has 0 atom stereocenters. The highest BCUT2D eigenvalue weighted by Crippen LogP contribution is 2.17. The lowest BCUT2D eigenvalue weighted by molar-refractivity contribution is 0.292. The second-order valence-corrected chi connectivity index (χ2v) is 3.40. The molecule has 74 valence electrons. The van der Waals surface area contributed by atoms with Crippen LogP contribution >= 0.6 is 0 Å². The topological polar surface area (TPSA) is 61.9 Å². The first-order valence-corrected chi connectivity index (χ1v) is 4.60. The van der Waals surface area contributed by atoms with Gasteiger partial charge in [-0.3, -0.25) is 0 Å². The minimum atomic E-state index is 0.194. The first-order valence-electron chi connectivity index (χ1n) is 4.60. The Morgan fingerprint density at radius 1 is 1.36 bits per heavy atom. The Kier molecular flexibility index (Phi) is 2.26. The van der Waals surface area contributed by atoms with Crippen LogP contribution in [0.5, 0.6) is 0 Å². The lowest BCUT2D eigenvalue weighted by atomic mass is 10.0. The SMILES string of the molecule is N/C(=N\O)N1CCc2ccccc2C1. The number of guanidine groups is 1. The highest BCUT2D eigenvalue weighted by Gasteiger charge is 2.16. The van der Waals surface area contributed by atoms with Crippen LogP contribution in [0.3, 0.4) is 0 Å². The molecule has 0 amide bonds. The average Bonchev–Trinajstić information content (AvgIpc) is 2.27. The molecule has 0 unspecified atom stereocenters. The largest absolute Gasteiger partial charge is 0.408 e. The van der Waals surface area contributed by atoms with E-state index < -0.39 is 0 Å². The van der Waals surface area contributed by atoms with Gasteiger partial charge in [0, 0.05) is 13.1 Å². The zero-order valence-corrected chi connectivity index (χ0v) is 7.85. The Bertz CT molecular complexity index is 362. The molecule has 0 radical (unpaired) electrons. The maximum absolute atomic E-state index is 8.56. The Hall–Kier alpha value is -1.71. The summed E-state index contributed by atoms with van der Waals surface area (Å²) in [6.45, 7) is 1.54. The van der Waals surface area contributed by atoms with Crippen LogP contribution in [0, 0.1) is 0 Å². The van der Waals surface area contributed by atoms with Crippen molar-refractivity contribution < 1.29 is 5.21 Å². The normalized spacial score (nSPS) is 16.6. The maximum atomic E-state index is 8.56. The fraction of sp³-hybridized carbons (Fsp3) is 0.300. The predicted molar refractivity (Wildman–Crippen MR) is 54.0 cm³/mol. The van der Waals surface area contributed by atoms with E-state index in [0.29, 0.717) is 0 Å². The number of oxime groups is 1. The zero-order valence-electron chi connectivity index (χ0n) is 7.85. The molecule has 1 aliphatic rings. The first-order chi connectivity index (χ1) is 6.81. The molecule has 1 aromatic carbocycles. The van der Waals surface area contributed by atoms with Gasteiger partial charge in [0.05, 0.1) is 0 Å². The molecule has 1 aliphatic heterocycles. The highest BCUT2D eigenvalue weighted by molar-refractivity contribution is 5.77. The Morgan fingerprint density at radius 2 is 2.07 bits per heavy atom. The summed E-state index contributed by atoms with van der Waals surface area (Å²) in [4.78, 5) is 1.86. The van der Waals surface area contributed by atoms with E-state index in [9.17, 15) is 0 Å². The van der Waals surface area contributed by atoms with Crippen LogP contribution in [0.2, 0.25) is 0 Å². The molecule has 1 aromatic rings. The van der Waals surface area contributed by atoms with Crippen LogP contribution in [0.1, 0.15) is 11.1 Å². The predicted octanol–water partition coefficient (Wildman–Crippen LogP) is 0.749. The number of hydrogen-bond acceptors (Lipinski definition) is 2. The molecule has 0 saturated heterocycles. The van der Waals surface area contributed by atoms with E-state index in [4.69, 9.17) is 10.9 Å². The van der Waals surface area contributed by atoms with Crippen molar-refractivity contribution in [1.29, 1.82) is 0 Å². The lowest BCUT2D eigenvalue weighted by Gasteiger charge is -2.28. The second-order valence-electron chi connectivity index (χ2n) is 3.40. The second kappa shape index (κ2) is 3.57. The van der Waals surface area contributed by atoms with Gasteiger partial charge in [-0.2, -0.15) is 0 Å². The van der Waals surface area contributed by atoms with Crippen LogP contribution < -0.4 is 5.73 Å². The smallest absolute Gasteiger partial charge is 0.233 e. The highest BCUT2D eigenvalue weighted by atomic mass is 16.4. The molecule has 0 fully saturated rings. The van der Waals surface area contributed by atoms with Crippen LogP contribution in [0.25, 0.3) is 0 Å². The van der Waals surface area contributed by atoms with E-state index in [-0.39, 0.29) is 5.96 Å². The van der Waals surface area contributed by atoms with Crippen LogP contribution in [0.4, 0.5) is 0 Å². The molecule has 4 nitrogen and oxygen atoms in total. The lowest BCUT2D eigenvalue weighted by Crippen LogP contribution is -2.40. The van der Waals surface area contributed by atoms with E-state index in [1.807, 2.05) is 17.0 Å². The molecule has 0 spiro atoms. The monoisotopic (exact) mass is 191 g/mol. The van der Waals surface area contributed by atoms with Crippen molar-refractivity contribution in [3.63, 3.8) is 0 Å². The number of benzene rings is 1. The number of rotatable bonds is 0. The Balaban J connectivity index is 2.21. The van der Waals surface area contributed by atoms with Gasteiger partial charge in [-0.15, -0.1) is 0 Å². The van der Waals surface area contributed by atoms with Crippen molar-refractivity contribution in [2.45, 2.75) is 13.0 Å². The van der Waals surface area contributed by atoms with Gasteiger partial charge in [0.25, 0.3) is 0 Å². The maximum Gasteiger partial charge on any atom is 0.233 e. The minimum absolute atomic E-state index is 0.194. The number of nitrogens with zero attached hydrogens (tertiary/aromatic N) is 2. The molecule has 0 aliphatic carbocycles. The molecule has 0 aromatic heterocycles. The third kappa shape index (κ3) is 1.51. The van der Waals surface area contributed by atoms with Crippen molar-refractivity contribution >= 4 is 5.96 Å². The van der Waals surface area contributed by atoms with Crippen molar-refractivity contribution in [3.05, 3.63) is 35.4 Å². The van der Waals surface area contributed by atoms with Crippen molar-refractivity contribution in [3.8, 4) is 0 Å². The summed E-state index contributed by atoms with van der Waals surface area (Å²) >= 11 is 0. The molecule has 2 rings (SSSR count). The van der Waals surface area contributed by atoms with Crippen molar-refractivity contribution in [2.75, 3.05) is 6.54 Å². The number of nitrogens with two attached hydrogens (primary N) is 1. The molecule has 1 heterocycles. The molecule has 0 saturated carbocycles. The van der Waals surface area contributed by atoms with Crippen LogP contribution in [-0.4, -0.2) is 22.6 Å². The van der Waals surface area contributed by atoms with Gasteiger partial charge in [-0.1, -0.05) is 29.4 Å². The Morgan fingerprint density at radius 3 is 2.79 bits per heavy atom. The fourth-order valence-electron chi connectivity index (χ4n) is 1.75. The van der Waals surface area contributed by atoms with E-state index in [2.05, 4.69) is 17.3 Å². The molecular weight excluding hydrogens is 178 g/mol. The summed E-state index contributed by atoms with van der Waals surface area (Å²) in [5.41, 5.74) is 8.14. The van der Waals surface area contributed by atoms with Gasteiger partial charge in [0.1, 0.15) is 0 Å². The van der Waals surface area contributed by atoms with E-state index in [0.717, 1.165) is 19.5 Å². The molecule has 0 bridgehead atoms. The summed E-state index contributed by atoms with van der Waals surface area (Å²) in [7, 11) is 0. The summed E-state index contributed by atoms with van der Waals surface area (Å²) in [6.07, 6.45) is 0.951. The van der Waals surface area contributed by atoms with E-state index in [1.54, 1.807) is 0 Å². The van der Waals surface area contributed by atoms with Crippen molar-refractivity contribution in [1.82, 2.24) is 4.90 Å². The van der Waals surface area contributed by atoms with Gasteiger partial charge in [0.15, 0.2) is 0 Å². The molecular formula is C10H13N3O. The molecule has 3 N–H and O–H groups in total. The van der Waals surface area contributed by atoms with Gasteiger partial charge >= 0.3 is 0 Å². The molecule has 4 heteroatoms. The fourth-order valence-corrected chi connectivity index (χ4v) is 1.75. The third-order valence-electron chi connectivity index (χ3n) is 2.56. The van der Waals surface area contributed by atoms with Crippen molar-refractivity contribution in [2.24, 2.45) is 10.9 Å². The van der Waals surface area contributed by atoms with E-state index >= 15 is 0 Å². The molecule has 14 heavy (non-hydrogen) atoms.